The number of aromatic amines is 1. The third-order valence-corrected chi connectivity index (χ3v) is 3.89. The maximum absolute atomic E-state index is 12.7. The van der Waals surface area contributed by atoms with E-state index in [1.54, 1.807) is 24.4 Å². The number of H-pyrrole nitrogens is 1. The van der Waals surface area contributed by atoms with Gasteiger partial charge in [-0.2, -0.15) is 0 Å². The van der Waals surface area contributed by atoms with Crippen LogP contribution in [-0.2, 0) is 9.59 Å². The van der Waals surface area contributed by atoms with Crippen LogP contribution in [0, 0.1) is 0 Å². The van der Waals surface area contributed by atoms with Gasteiger partial charge in [-0.25, -0.2) is 4.79 Å². The van der Waals surface area contributed by atoms with Gasteiger partial charge in [0.1, 0.15) is 11.6 Å². The number of carboxylic acid groups (broad SMARTS) is 1. The molecule has 0 aliphatic rings. The molecule has 3 N–H and O–H groups in total. The Morgan fingerprint density at radius 3 is 2.56 bits per heavy atom. The molecule has 2 aromatic rings. The summed E-state index contributed by atoms with van der Waals surface area (Å²) in [5.74, 6) is -2.25. The maximum atomic E-state index is 12.7. The van der Waals surface area contributed by atoms with Gasteiger partial charge in [-0.3, -0.25) is 19.4 Å². The summed E-state index contributed by atoms with van der Waals surface area (Å²) in [7, 11) is 0. The quantitative estimate of drug-likeness (QED) is 0.648. The first kappa shape index (κ1) is 19.8. The first-order valence-electron chi connectivity index (χ1n) is 8.24. The number of hydrogen-bond acceptors (Lipinski definition) is 5. The Balaban J connectivity index is 2.29. The highest BCUT2D eigenvalue weighted by Crippen LogP contribution is 2.13. The fraction of sp³-hybridized carbons (Fsp3) is 0.278. The largest absolute Gasteiger partial charge is 0.480 e. The van der Waals surface area contributed by atoms with Gasteiger partial charge < -0.3 is 20.3 Å². The van der Waals surface area contributed by atoms with Crippen LogP contribution in [0.15, 0.2) is 41.3 Å². The highest BCUT2D eigenvalue weighted by molar-refractivity contribution is 5.96. The lowest BCUT2D eigenvalue weighted by Gasteiger charge is -2.26. The molecule has 1 unspecified atom stereocenters. The second-order valence-corrected chi connectivity index (χ2v) is 5.83. The van der Waals surface area contributed by atoms with E-state index in [0.29, 0.717) is 11.4 Å². The highest BCUT2D eigenvalue weighted by atomic mass is 16.4. The Bertz CT molecular complexity index is 894. The first-order valence-corrected chi connectivity index (χ1v) is 8.24. The molecule has 2 amide bonds. The van der Waals surface area contributed by atoms with Crippen LogP contribution in [0.5, 0.6) is 0 Å². The zero-order valence-electron chi connectivity index (χ0n) is 14.9. The molecule has 142 valence electrons. The summed E-state index contributed by atoms with van der Waals surface area (Å²) in [6, 6.07) is 6.91. The number of nitrogens with one attached hydrogen (secondary N) is 2. The molecule has 1 atom stereocenters. The maximum Gasteiger partial charge on any atom is 0.326 e. The van der Waals surface area contributed by atoms with Crippen LogP contribution in [0.2, 0.25) is 0 Å². The first-order chi connectivity index (χ1) is 12.8. The average molecular weight is 372 g/mol. The molecule has 2 rings (SSSR count). The highest BCUT2D eigenvalue weighted by Gasteiger charge is 2.27. The van der Waals surface area contributed by atoms with Crippen molar-refractivity contribution in [3.8, 4) is 11.4 Å². The molecule has 27 heavy (non-hydrogen) atoms. The number of carboxylic acids is 1. The van der Waals surface area contributed by atoms with Crippen molar-refractivity contribution in [2.45, 2.75) is 19.9 Å². The molecule has 9 heteroatoms. The summed E-state index contributed by atoms with van der Waals surface area (Å²) in [5.41, 5.74) is 0.138. The molecule has 0 saturated heterocycles. The van der Waals surface area contributed by atoms with Crippen molar-refractivity contribution in [3.63, 3.8) is 0 Å². The molecule has 0 radical (unpaired) electrons. The number of hydrogen-bond donors (Lipinski definition) is 3. The van der Waals surface area contributed by atoms with Crippen molar-refractivity contribution in [3.05, 3.63) is 52.4 Å². The monoisotopic (exact) mass is 372 g/mol. The van der Waals surface area contributed by atoms with Crippen LogP contribution >= 0.6 is 0 Å². The Labute approximate surface area is 155 Å². The van der Waals surface area contributed by atoms with Gasteiger partial charge in [0.2, 0.25) is 5.91 Å². The normalized spacial score (nSPS) is 11.5. The van der Waals surface area contributed by atoms with Crippen molar-refractivity contribution >= 4 is 17.8 Å². The van der Waals surface area contributed by atoms with Crippen LogP contribution in [0.1, 0.15) is 24.2 Å². The van der Waals surface area contributed by atoms with E-state index in [0.717, 1.165) is 4.90 Å². The number of aliphatic carboxylic acids is 1. The minimum absolute atomic E-state index is 0.0483. The summed E-state index contributed by atoms with van der Waals surface area (Å²) >= 11 is 0. The molecular formula is C18H20N4O5. The molecule has 2 heterocycles. The number of rotatable bonds is 7. The van der Waals surface area contributed by atoms with Crippen molar-refractivity contribution in [1.82, 2.24) is 20.2 Å². The second kappa shape index (κ2) is 8.75. The van der Waals surface area contributed by atoms with E-state index in [2.05, 4.69) is 15.3 Å². The van der Waals surface area contributed by atoms with Crippen LogP contribution in [0.4, 0.5) is 0 Å². The fourth-order valence-electron chi connectivity index (χ4n) is 2.43. The minimum Gasteiger partial charge on any atom is -0.480 e. The molecule has 0 aliphatic carbocycles. The van der Waals surface area contributed by atoms with Gasteiger partial charge in [0.15, 0.2) is 0 Å². The van der Waals surface area contributed by atoms with Gasteiger partial charge in [-0.15, -0.1) is 0 Å². The van der Waals surface area contributed by atoms with E-state index in [4.69, 9.17) is 0 Å². The second-order valence-electron chi connectivity index (χ2n) is 5.83. The van der Waals surface area contributed by atoms with E-state index in [9.17, 15) is 24.3 Å². The van der Waals surface area contributed by atoms with Crippen LogP contribution < -0.4 is 10.9 Å². The summed E-state index contributed by atoms with van der Waals surface area (Å²) in [5, 5.41) is 11.7. The van der Waals surface area contributed by atoms with Gasteiger partial charge in [-0.05, 0) is 31.2 Å². The van der Waals surface area contributed by atoms with E-state index >= 15 is 0 Å². The third-order valence-electron chi connectivity index (χ3n) is 3.89. The summed E-state index contributed by atoms with van der Waals surface area (Å²) in [6.07, 6.45) is 1.57. The summed E-state index contributed by atoms with van der Waals surface area (Å²) in [6.45, 7) is 2.67. The average Bonchev–Trinajstić information content (AvgIpc) is 2.64. The smallest absolute Gasteiger partial charge is 0.326 e. The third kappa shape index (κ3) is 5.00. The Kier molecular flexibility index (Phi) is 6.42. The molecular weight excluding hydrogens is 352 g/mol. The Hall–Kier alpha value is -3.49. The lowest BCUT2D eigenvalue weighted by molar-refractivity contribution is -0.141. The molecule has 0 aliphatic heterocycles. The van der Waals surface area contributed by atoms with E-state index in [1.165, 1.54) is 26.0 Å². The molecule has 9 nitrogen and oxygen atoms in total. The standard InChI is InChI=1S/C18H20N4O5/c1-11(18(26)27)22(10-9-19-12(2)23)17(25)13-6-7-15(21-16(13)24)14-5-3-4-8-20-14/h3-8,11H,9-10H2,1-2H3,(H,19,23)(H,21,24)(H,26,27). The van der Waals surface area contributed by atoms with Gasteiger partial charge in [0.25, 0.3) is 11.5 Å². The number of pyridine rings is 2. The lowest BCUT2D eigenvalue weighted by atomic mass is 10.1. The topological polar surface area (TPSA) is 132 Å². The molecule has 0 fully saturated rings. The van der Waals surface area contributed by atoms with Gasteiger partial charge in [0.05, 0.1) is 11.4 Å². The Morgan fingerprint density at radius 1 is 1.26 bits per heavy atom. The van der Waals surface area contributed by atoms with E-state index in [1.807, 2.05) is 0 Å². The lowest BCUT2D eigenvalue weighted by Crippen LogP contribution is -2.48. The van der Waals surface area contributed by atoms with Crippen LogP contribution in [0.25, 0.3) is 11.4 Å². The van der Waals surface area contributed by atoms with Crippen molar-refractivity contribution in [1.29, 1.82) is 0 Å². The molecule has 0 aromatic carbocycles. The van der Waals surface area contributed by atoms with Crippen molar-refractivity contribution in [2.24, 2.45) is 0 Å². The zero-order valence-corrected chi connectivity index (χ0v) is 14.9. The predicted molar refractivity (Wildman–Crippen MR) is 97.1 cm³/mol. The minimum atomic E-state index is -1.22. The van der Waals surface area contributed by atoms with Crippen LogP contribution in [-0.4, -0.2) is 56.9 Å². The predicted octanol–water partition coefficient (Wildman–Crippen LogP) is 0.488. The van der Waals surface area contributed by atoms with Crippen molar-refractivity contribution < 1.29 is 19.5 Å². The zero-order chi connectivity index (χ0) is 20.0. The number of aromatic nitrogens is 2. The number of nitrogens with zero attached hydrogens (tertiary/aromatic N) is 2. The Morgan fingerprint density at radius 2 is 2.00 bits per heavy atom. The number of carbonyl (C=O) groups excluding carboxylic acids is 2. The van der Waals surface area contributed by atoms with Crippen molar-refractivity contribution in [2.75, 3.05) is 13.1 Å². The summed E-state index contributed by atoms with van der Waals surface area (Å²) in [4.78, 5) is 55.2. The number of amides is 2. The SMILES string of the molecule is CC(=O)NCCN(C(=O)c1ccc(-c2ccccn2)[nH]c1=O)C(C)C(=O)O. The summed E-state index contributed by atoms with van der Waals surface area (Å²) < 4.78 is 0. The molecule has 0 spiro atoms. The van der Waals surface area contributed by atoms with E-state index < -0.39 is 23.5 Å². The fourth-order valence-corrected chi connectivity index (χ4v) is 2.43. The molecule has 0 bridgehead atoms. The van der Waals surface area contributed by atoms with Crippen LogP contribution in [0.3, 0.4) is 0 Å². The molecule has 2 aromatic heterocycles. The van der Waals surface area contributed by atoms with Gasteiger partial charge in [-0.1, -0.05) is 6.07 Å². The molecule has 0 saturated carbocycles. The van der Waals surface area contributed by atoms with Gasteiger partial charge in [0, 0.05) is 26.2 Å². The van der Waals surface area contributed by atoms with E-state index in [-0.39, 0.29) is 24.6 Å². The van der Waals surface area contributed by atoms with Gasteiger partial charge >= 0.3 is 5.97 Å². The number of carbonyl (C=O) groups is 3.